The van der Waals surface area contributed by atoms with Crippen LogP contribution >= 0.6 is 11.3 Å². The number of rotatable bonds is 13. The lowest BCUT2D eigenvalue weighted by molar-refractivity contribution is -0.161. The molecule has 11 heteroatoms. The van der Waals surface area contributed by atoms with Crippen LogP contribution in [0.1, 0.15) is 87.7 Å². The second-order valence-electron chi connectivity index (χ2n) is 11.3. The molecule has 0 spiro atoms. The second-order valence-corrected chi connectivity index (χ2v) is 12.3. The van der Waals surface area contributed by atoms with Crippen molar-refractivity contribution in [2.24, 2.45) is 0 Å². The first-order valence-corrected chi connectivity index (χ1v) is 15.9. The SMILES string of the molecule is CCOC(=O)c1sc2c(c1C)c(=O)n(C1(C)CN(C(CC)CC)C1=O)c(=O)n2C[C@H](OC(C)CC)c1ccccc1OC. The Kier molecular flexibility index (Phi) is 9.86. The van der Waals surface area contributed by atoms with E-state index >= 15 is 0 Å². The van der Waals surface area contributed by atoms with E-state index in [0.29, 0.717) is 16.1 Å². The smallest absolute Gasteiger partial charge is 0.348 e. The minimum Gasteiger partial charge on any atom is -0.496 e. The van der Waals surface area contributed by atoms with Crippen molar-refractivity contribution in [1.82, 2.24) is 14.0 Å². The first-order chi connectivity index (χ1) is 20.5. The van der Waals surface area contributed by atoms with Gasteiger partial charge in [-0.1, -0.05) is 39.0 Å². The highest BCUT2D eigenvalue weighted by Gasteiger charge is 2.53. The highest BCUT2D eigenvalue weighted by atomic mass is 32.1. The lowest BCUT2D eigenvalue weighted by Gasteiger charge is -2.50. The lowest BCUT2D eigenvalue weighted by Crippen LogP contribution is -2.72. The number of amides is 1. The van der Waals surface area contributed by atoms with E-state index < -0.39 is 28.9 Å². The summed E-state index contributed by atoms with van der Waals surface area (Å²) in [5.41, 5.74) is -1.40. The van der Waals surface area contributed by atoms with E-state index in [1.54, 1.807) is 32.8 Å². The molecule has 10 nitrogen and oxygen atoms in total. The van der Waals surface area contributed by atoms with Crippen LogP contribution < -0.4 is 16.0 Å². The van der Waals surface area contributed by atoms with Gasteiger partial charge in [0.25, 0.3) is 11.5 Å². The largest absolute Gasteiger partial charge is 0.496 e. The monoisotopic (exact) mass is 613 g/mol. The summed E-state index contributed by atoms with van der Waals surface area (Å²) < 4.78 is 20.0. The number of β-lactam (4-membered cyclic amide) rings is 1. The molecule has 0 N–H and O–H groups in total. The quantitative estimate of drug-likeness (QED) is 0.197. The molecule has 1 saturated heterocycles. The Morgan fingerprint density at radius 1 is 1.07 bits per heavy atom. The number of esters is 1. The summed E-state index contributed by atoms with van der Waals surface area (Å²) in [6, 6.07) is 7.47. The Balaban J connectivity index is 1.99. The number of methoxy groups -OCH3 is 1. The molecule has 2 aromatic heterocycles. The van der Waals surface area contributed by atoms with Gasteiger partial charge in [-0.3, -0.25) is 14.2 Å². The van der Waals surface area contributed by atoms with Crippen molar-refractivity contribution >= 4 is 33.4 Å². The molecule has 1 amide bonds. The third-order valence-corrected chi connectivity index (χ3v) is 9.85. The second kappa shape index (κ2) is 13.1. The molecule has 1 aliphatic heterocycles. The molecule has 0 aliphatic carbocycles. The van der Waals surface area contributed by atoms with Gasteiger partial charge in [0, 0.05) is 11.6 Å². The number of nitrogens with zero attached hydrogens (tertiary/aromatic N) is 3. The van der Waals surface area contributed by atoms with E-state index in [1.165, 1.54) is 4.57 Å². The summed E-state index contributed by atoms with van der Waals surface area (Å²) in [4.78, 5) is 57.6. The van der Waals surface area contributed by atoms with E-state index in [-0.39, 0.29) is 48.0 Å². The Morgan fingerprint density at radius 2 is 1.74 bits per heavy atom. The van der Waals surface area contributed by atoms with Crippen molar-refractivity contribution in [2.75, 3.05) is 20.3 Å². The van der Waals surface area contributed by atoms with Gasteiger partial charge >= 0.3 is 11.7 Å². The van der Waals surface area contributed by atoms with Crippen LogP contribution in [0.4, 0.5) is 0 Å². The summed E-state index contributed by atoms with van der Waals surface area (Å²) in [7, 11) is 1.58. The molecule has 3 atom stereocenters. The molecule has 3 aromatic rings. The van der Waals surface area contributed by atoms with Gasteiger partial charge in [-0.25, -0.2) is 14.2 Å². The molecule has 234 valence electrons. The number of likely N-dealkylation sites (tertiary alicyclic amines) is 1. The van der Waals surface area contributed by atoms with E-state index in [4.69, 9.17) is 14.2 Å². The van der Waals surface area contributed by atoms with Crippen LogP contribution in [0.3, 0.4) is 0 Å². The molecule has 3 heterocycles. The van der Waals surface area contributed by atoms with Crippen LogP contribution in [-0.2, 0) is 26.4 Å². The van der Waals surface area contributed by atoms with Crippen molar-refractivity contribution in [1.29, 1.82) is 0 Å². The first kappa shape index (κ1) is 32.5. The predicted octanol–water partition coefficient (Wildman–Crippen LogP) is 5.02. The zero-order valence-corrected chi connectivity index (χ0v) is 27.2. The zero-order valence-electron chi connectivity index (χ0n) is 26.4. The normalized spacial score (nSPS) is 18.2. The number of carbonyl (C=O) groups is 2. The number of hydrogen-bond donors (Lipinski definition) is 0. The minimum atomic E-state index is -1.36. The molecule has 1 aliphatic rings. The van der Waals surface area contributed by atoms with Crippen molar-refractivity contribution in [3.63, 3.8) is 0 Å². The van der Waals surface area contributed by atoms with Gasteiger partial charge in [-0.15, -0.1) is 11.3 Å². The zero-order chi connectivity index (χ0) is 31.6. The van der Waals surface area contributed by atoms with E-state index in [1.807, 2.05) is 52.0 Å². The summed E-state index contributed by atoms with van der Waals surface area (Å²) in [6.07, 6.45) is 1.51. The number of carbonyl (C=O) groups excluding carboxylic acids is 2. The van der Waals surface area contributed by atoms with Crippen LogP contribution in [0.25, 0.3) is 10.2 Å². The predicted molar refractivity (Wildman–Crippen MR) is 167 cm³/mol. The number of aryl methyl sites for hydroxylation is 1. The standard InChI is InChI=1S/C32H43N3O7S/c1-9-19(5)42-24(22-15-13-14-16-23(22)40-8)17-33-28-25(20(6)26(43-28)29(37)41-12-4)27(36)35(31(33)39)32(7)18-34(30(32)38)21(10-2)11-3/h13-16,19,21,24H,9-12,17-18H2,1-8H3/t19?,24-,32?/m0/s1. The summed E-state index contributed by atoms with van der Waals surface area (Å²) in [6.45, 7) is 13.5. The molecule has 4 rings (SSSR count). The highest BCUT2D eigenvalue weighted by molar-refractivity contribution is 7.20. The van der Waals surface area contributed by atoms with Gasteiger partial charge in [0.15, 0.2) is 0 Å². The molecular weight excluding hydrogens is 570 g/mol. The van der Waals surface area contributed by atoms with Gasteiger partial charge < -0.3 is 19.1 Å². The molecule has 43 heavy (non-hydrogen) atoms. The van der Waals surface area contributed by atoms with Crippen LogP contribution in [0.15, 0.2) is 33.9 Å². The van der Waals surface area contributed by atoms with E-state index in [9.17, 15) is 19.2 Å². The van der Waals surface area contributed by atoms with Gasteiger partial charge in [-0.05, 0) is 58.6 Å². The van der Waals surface area contributed by atoms with Crippen LogP contribution in [0, 0.1) is 6.92 Å². The Morgan fingerprint density at radius 3 is 2.33 bits per heavy atom. The average molecular weight is 614 g/mol. The van der Waals surface area contributed by atoms with Crippen molar-refractivity contribution < 1.29 is 23.8 Å². The Bertz CT molecular complexity index is 1620. The first-order valence-electron chi connectivity index (χ1n) is 15.0. The minimum absolute atomic E-state index is 0.0272. The van der Waals surface area contributed by atoms with Crippen LogP contribution in [0.2, 0.25) is 0 Å². The maximum atomic E-state index is 14.5. The van der Waals surface area contributed by atoms with Gasteiger partial charge in [0.2, 0.25) is 0 Å². The summed E-state index contributed by atoms with van der Waals surface area (Å²) in [5.74, 6) is -0.221. The number of hydrogen-bond acceptors (Lipinski definition) is 8. The van der Waals surface area contributed by atoms with Crippen molar-refractivity contribution in [2.45, 2.75) is 98.1 Å². The fourth-order valence-corrected chi connectivity index (χ4v) is 7.10. The third-order valence-electron chi connectivity index (χ3n) is 8.56. The van der Waals surface area contributed by atoms with Gasteiger partial charge in [0.1, 0.15) is 27.1 Å². The fourth-order valence-electron chi connectivity index (χ4n) is 5.90. The average Bonchev–Trinajstić information content (AvgIpc) is 3.35. The highest BCUT2D eigenvalue weighted by Crippen LogP contribution is 2.36. The van der Waals surface area contributed by atoms with Gasteiger partial charge in [-0.2, -0.15) is 0 Å². The molecule has 0 radical (unpaired) electrons. The summed E-state index contributed by atoms with van der Waals surface area (Å²) >= 11 is 1.05. The molecular formula is C32H43N3O7S. The molecule has 0 saturated carbocycles. The van der Waals surface area contributed by atoms with Crippen molar-refractivity contribution in [3.05, 3.63) is 61.1 Å². The van der Waals surface area contributed by atoms with E-state index in [0.717, 1.165) is 40.7 Å². The number of thiophene rings is 1. The molecule has 1 fully saturated rings. The molecule has 0 bridgehead atoms. The number of benzene rings is 1. The number of para-hydroxylation sites is 1. The number of fused-ring (bicyclic) bond motifs is 1. The number of aromatic nitrogens is 2. The molecule has 2 unspecified atom stereocenters. The maximum absolute atomic E-state index is 14.5. The number of ether oxygens (including phenoxy) is 3. The third kappa shape index (κ3) is 5.64. The van der Waals surface area contributed by atoms with E-state index in [2.05, 4.69) is 0 Å². The van der Waals surface area contributed by atoms with Gasteiger partial charge in [0.05, 0.1) is 38.3 Å². The Labute approximate surface area is 256 Å². The Hall–Kier alpha value is -3.44. The summed E-state index contributed by atoms with van der Waals surface area (Å²) in [5, 5.41) is 0.227. The van der Waals surface area contributed by atoms with Crippen LogP contribution in [0.5, 0.6) is 5.75 Å². The maximum Gasteiger partial charge on any atom is 0.348 e. The lowest BCUT2D eigenvalue weighted by atomic mass is 9.87. The fraction of sp³-hybridized carbons (Fsp3) is 0.562. The van der Waals surface area contributed by atoms with Crippen LogP contribution in [-0.4, -0.2) is 58.3 Å². The molecule has 1 aromatic carbocycles. The van der Waals surface area contributed by atoms with Crippen molar-refractivity contribution in [3.8, 4) is 5.75 Å². The topological polar surface area (TPSA) is 109 Å².